The predicted molar refractivity (Wildman–Crippen MR) is 78.5 cm³/mol. The first-order valence-corrected chi connectivity index (χ1v) is 7.23. The van der Waals surface area contributed by atoms with E-state index in [4.69, 9.17) is 5.73 Å². The Hall–Kier alpha value is -1.81. The highest BCUT2D eigenvalue weighted by Crippen LogP contribution is 2.44. The first-order valence-electron chi connectivity index (χ1n) is 7.23. The number of nitrogens with two attached hydrogens (primary N) is 1. The van der Waals surface area contributed by atoms with Crippen LogP contribution in [0.3, 0.4) is 0 Å². The summed E-state index contributed by atoms with van der Waals surface area (Å²) in [4.78, 5) is 17.3. The van der Waals surface area contributed by atoms with Crippen molar-refractivity contribution in [3.8, 4) is 0 Å². The zero-order valence-corrected chi connectivity index (χ0v) is 11.6. The van der Waals surface area contributed by atoms with Crippen LogP contribution in [0.2, 0.25) is 0 Å². The number of aromatic amines is 1. The lowest BCUT2D eigenvalue weighted by Crippen LogP contribution is -2.50. The number of amides is 1. The third-order valence-electron chi connectivity index (χ3n) is 5.13. The van der Waals surface area contributed by atoms with E-state index in [1.54, 1.807) is 0 Å². The zero-order valence-electron chi connectivity index (χ0n) is 11.6. The van der Waals surface area contributed by atoms with Crippen LogP contribution in [0, 0.1) is 5.92 Å². The summed E-state index contributed by atoms with van der Waals surface area (Å²) in [6.07, 6.45) is 4.08. The minimum Gasteiger partial charge on any atom is -0.369 e. The molecule has 104 valence electrons. The van der Waals surface area contributed by atoms with Crippen LogP contribution >= 0.6 is 0 Å². The number of aromatic nitrogens is 1. The molecule has 0 bridgehead atoms. The first kappa shape index (κ1) is 12.0. The third-order valence-corrected chi connectivity index (χ3v) is 5.13. The van der Waals surface area contributed by atoms with Crippen molar-refractivity contribution in [2.45, 2.75) is 24.8 Å². The SMILES string of the molecule is CN1C[C@H](C(N)=O)C[C@@H]2c3cccc4[nH]cc(c34)C[C@H]21. The van der Waals surface area contributed by atoms with Gasteiger partial charge in [-0.2, -0.15) is 0 Å². The van der Waals surface area contributed by atoms with Gasteiger partial charge < -0.3 is 15.6 Å². The van der Waals surface area contributed by atoms with Gasteiger partial charge in [-0.05, 0) is 37.1 Å². The van der Waals surface area contributed by atoms with Crippen LogP contribution in [-0.2, 0) is 11.2 Å². The van der Waals surface area contributed by atoms with Gasteiger partial charge in [0.25, 0.3) is 0 Å². The topological polar surface area (TPSA) is 62.1 Å². The van der Waals surface area contributed by atoms with Crippen LogP contribution in [0.5, 0.6) is 0 Å². The number of hydrogen-bond donors (Lipinski definition) is 2. The Kier molecular flexibility index (Phi) is 2.45. The van der Waals surface area contributed by atoms with E-state index in [2.05, 4.69) is 41.3 Å². The van der Waals surface area contributed by atoms with E-state index in [9.17, 15) is 4.79 Å². The van der Waals surface area contributed by atoms with Crippen LogP contribution < -0.4 is 5.73 Å². The summed E-state index contributed by atoms with van der Waals surface area (Å²) >= 11 is 0. The summed E-state index contributed by atoms with van der Waals surface area (Å²) < 4.78 is 0. The van der Waals surface area contributed by atoms with E-state index < -0.39 is 0 Å². The molecule has 1 aromatic carbocycles. The summed E-state index contributed by atoms with van der Waals surface area (Å²) in [7, 11) is 2.12. The minimum absolute atomic E-state index is 0.0306. The van der Waals surface area contributed by atoms with Gasteiger partial charge in [0.15, 0.2) is 0 Å². The van der Waals surface area contributed by atoms with Gasteiger partial charge in [0.2, 0.25) is 5.91 Å². The normalized spacial score (nSPS) is 29.4. The van der Waals surface area contributed by atoms with Gasteiger partial charge in [-0.3, -0.25) is 4.79 Å². The second-order valence-electron chi connectivity index (χ2n) is 6.24. The Labute approximate surface area is 117 Å². The highest BCUT2D eigenvalue weighted by molar-refractivity contribution is 5.88. The Bertz CT molecular complexity index is 690. The molecule has 0 radical (unpaired) electrons. The highest BCUT2D eigenvalue weighted by atomic mass is 16.1. The maximum absolute atomic E-state index is 11.6. The van der Waals surface area contributed by atoms with Crippen molar-refractivity contribution < 1.29 is 4.79 Å². The van der Waals surface area contributed by atoms with Crippen molar-refractivity contribution in [3.63, 3.8) is 0 Å². The predicted octanol–water partition coefficient (Wildman–Crippen LogP) is 1.61. The fourth-order valence-corrected chi connectivity index (χ4v) is 4.15. The Morgan fingerprint density at radius 3 is 3.10 bits per heavy atom. The number of piperidine rings is 1. The van der Waals surface area contributed by atoms with E-state index in [0.717, 1.165) is 19.4 Å². The number of likely N-dealkylation sites (N-methyl/N-ethyl adjacent to an activating group) is 1. The van der Waals surface area contributed by atoms with Gasteiger partial charge >= 0.3 is 0 Å². The van der Waals surface area contributed by atoms with E-state index in [-0.39, 0.29) is 11.8 Å². The molecular weight excluding hydrogens is 250 g/mol. The number of primary amides is 1. The van der Waals surface area contributed by atoms with Crippen molar-refractivity contribution in [3.05, 3.63) is 35.5 Å². The lowest BCUT2D eigenvalue weighted by atomic mass is 9.72. The molecule has 3 atom stereocenters. The number of likely N-dealkylation sites (tertiary alicyclic amines) is 1. The average Bonchev–Trinajstić information content (AvgIpc) is 2.84. The van der Waals surface area contributed by atoms with E-state index in [0.29, 0.717) is 12.0 Å². The lowest BCUT2D eigenvalue weighted by molar-refractivity contribution is -0.124. The monoisotopic (exact) mass is 269 g/mol. The van der Waals surface area contributed by atoms with Crippen LogP contribution in [0.4, 0.5) is 0 Å². The maximum Gasteiger partial charge on any atom is 0.221 e. The summed E-state index contributed by atoms with van der Waals surface area (Å²) in [6.45, 7) is 0.784. The van der Waals surface area contributed by atoms with Crippen molar-refractivity contribution in [1.29, 1.82) is 0 Å². The molecule has 1 aromatic heterocycles. The Balaban J connectivity index is 1.85. The molecule has 2 aromatic rings. The number of benzene rings is 1. The molecule has 4 heteroatoms. The Morgan fingerprint density at radius 2 is 2.30 bits per heavy atom. The number of nitrogens with zero attached hydrogens (tertiary/aromatic N) is 1. The molecule has 1 fully saturated rings. The standard InChI is InChI=1S/C16H19N3O/c1-19-8-10(16(17)20)5-12-11-3-2-4-13-15(11)9(7-18-13)6-14(12)19/h2-4,7,10,12,14,18H,5-6,8H2,1H3,(H2,17,20)/t10-,12-,14-/m1/s1. The fourth-order valence-electron chi connectivity index (χ4n) is 4.15. The van der Waals surface area contributed by atoms with Crippen molar-refractivity contribution in [1.82, 2.24) is 9.88 Å². The first-order chi connectivity index (χ1) is 9.65. The summed E-state index contributed by atoms with van der Waals surface area (Å²) in [5.74, 6) is 0.220. The molecule has 1 saturated heterocycles. The zero-order chi connectivity index (χ0) is 13.9. The summed E-state index contributed by atoms with van der Waals surface area (Å²) in [5.41, 5.74) is 9.55. The summed E-state index contributed by atoms with van der Waals surface area (Å²) in [6, 6.07) is 6.93. The van der Waals surface area contributed by atoms with Gasteiger partial charge in [-0.15, -0.1) is 0 Å². The quantitative estimate of drug-likeness (QED) is 0.826. The molecule has 4 rings (SSSR count). The number of nitrogens with one attached hydrogen (secondary N) is 1. The second kappa shape index (κ2) is 4.09. The van der Waals surface area contributed by atoms with E-state index >= 15 is 0 Å². The molecule has 1 aliphatic heterocycles. The van der Waals surface area contributed by atoms with Crippen LogP contribution in [-0.4, -0.2) is 35.4 Å². The van der Waals surface area contributed by atoms with Gasteiger partial charge in [0.05, 0.1) is 5.92 Å². The number of fused-ring (bicyclic) bond motifs is 2. The number of H-pyrrole nitrogens is 1. The van der Waals surface area contributed by atoms with Crippen molar-refractivity contribution in [2.75, 3.05) is 13.6 Å². The molecule has 0 unspecified atom stereocenters. The van der Waals surface area contributed by atoms with Crippen LogP contribution in [0.15, 0.2) is 24.4 Å². The molecule has 1 aliphatic carbocycles. The van der Waals surface area contributed by atoms with Crippen LogP contribution in [0.1, 0.15) is 23.5 Å². The van der Waals surface area contributed by atoms with Gasteiger partial charge in [-0.1, -0.05) is 12.1 Å². The fraction of sp³-hybridized carbons (Fsp3) is 0.438. The second-order valence-corrected chi connectivity index (χ2v) is 6.24. The molecule has 0 saturated carbocycles. The largest absolute Gasteiger partial charge is 0.369 e. The molecule has 0 spiro atoms. The molecule has 20 heavy (non-hydrogen) atoms. The van der Waals surface area contributed by atoms with Gasteiger partial charge in [-0.25, -0.2) is 0 Å². The number of hydrogen-bond acceptors (Lipinski definition) is 2. The molecule has 3 N–H and O–H groups in total. The smallest absolute Gasteiger partial charge is 0.221 e. The van der Waals surface area contributed by atoms with Crippen LogP contribution in [0.25, 0.3) is 10.9 Å². The highest BCUT2D eigenvalue weighted by Gasteiger charge is 2.40. The molecule has 1 amide bonds. The van der Waals surface area contributed by atoms with Crippen molar-refractivity contribution in [2.24, 2.45) is 11.7 Å². The van der Waals surface area contributed by atoms with E-state index in [1.165, 1.54) is 22.0 Å². The molecular formula is C16H19N3O. The molecule has 2 heterocycles. The molecule has 2 aliphatic rings. The van der Waals surface area contributed by atoms with E-state index in [1.807, 2.05) is 0 Å². The summed E-state index contributed by atoms with van der Waals surface area (Å²) in [5, 5.41) is 1.37. The average molecular weight is 269 g/mol. The molecule has 4 nitrogen and oxygen atoms in total. The number of rotatable bonds is 1. The van der Waals surface area contributed by atoms with Gasteiger partial charge in [0.1, 0.15) is 0 Å². The van der Waals surface area contributed by atoms with Gasteiger partial charge in [0, 0.05) is 35.6 Å². The van der Waals surface area contributed by atoms with Crippen molar-refractivity contribution >= 4 is 16.8 Å². The maximum atomic E-state index is 11.6. The number of carbonyl (C=O) groups excluding carboxylic acids is 1. The third kappa shape index (κ3) is 1.54. The lowest BCUT2D eigenvalue weighted by Gasteiger charge is -2.44. The Morgan fingerprint density at radius 1 is 1.45 bits per heavy atom. The number of carbonyl (C=O) groups is 1. The minimum atomic E-state index is -0.164.